The van der Waals surface area contributed by atoms with Gasteiger partial charge in [-0.1, -0.05) is 17.7 Å². The zero-order valence-corrected chi connectivity index (χ0v) is 17.6. The number of hydrogen-bond donors (Lipinski definition) is 1. The normalized spacial score (nSPS) is 16.1. The van der Waals surface area contributed by atoms with Crippen molar-refractivity contribution >= 4 is 44.8 Å². The molecule has 1 fully saturated rings. The van der Waals surface area contributed by atoms with Gasteiger partial charge in [0, 0.05) is 21.9 Å². The standard InChI is InChI=1S/C18H20ClN3O4S2/c1-21-11-9-15(10-12-21)27-14-7-5-13(6-8-14)20-28(25,26)17-4-2-3-16(18(17)19)22(23)24/h2-8,15,20H,9-12H2,1H3. The van der Waals surface area contributed by atoms with Gasteiger partial charge in [-0.3, -0.25) is 14.8 Å². The number of likely N-dealkylation sites (tertiary alicyclic amines) is 1. The molecule has 1 saturated heterocycles. The van der Waals surface area contributed by atoms with Crippen LogP contribution in [0.1, 0.15) is 12.8 Å². The van der Waals surface area contributed by atoms with E-state index in [0.29, 0.717) is 10.9 Å². The van der Waals surface area contributed by atoms with Gasteiger partial charge in [-0.05, 0) is 63.3 Å². The monoisotopic (exact) mass is 441 g/mol. The van der Waals surface area contributed by atoms with Crippen LogP contribution in [-0.4, -0.2) is 43.6 Å². The van der Waals surface area contributed by atoms with Gasteiger partial charge in [0.2, 0.25) is 0 Å². The van der Waals surface area contributed by atoms with Crippen molar-refractivity contribution in [1.29, 1.82) is 0 Å². The van der Waals surface area contributed by atoms with Crippen LogP contribution in [0.25, 0.3) is 0 Å². The van der Waals surface area contributed by atoms with E-state index < -0.39 is 25.7 Å². The summed E-state index contributed by atoms with van der Waals surface area (Å²) in [6, 6.07) is 10.8. The number of anilines is 1. The van der Waals surface area contributed by atoms with Crippen LogP contribution in [0.15, 0.2) is 52.3 Å². The van der Waals surface area contributed by atoms with Gasteiger partial charge in [-0.15, -0.1) is 11.8 Å². The van der Waals surface area contributed by atoms with Crippen molar-refractivity contribution in [3.05, 3.63) is 57.6 Å². The molecule has 150 valence electrons. The van der Waals surface area contributed by atoms with Gasteiger partial charge in [0.25, 0.3) is 15.7 Å². The quantitative estimate of drug-likeness (QED) is 0.532. The SMILES string of the molecule is CN1CCC(Sc2ccc(NS(=O)(=O)c3cccc([N+](=O)[O-])c3Cl)cc2)CC1. The molecule has 1 N–H and O–H groups in total. The summed E-state index contributed by atoms with van der Waals surface area (Å²) < 4.78 is 27.6. The first-order chi connectivity index (χ1) is 13.3. The Kier molecular flexibility index (Phi) is 6.49. The van der Waals surface area contributed by atoms with Gasteiger partial charge >= 0.3 is 0 Å². The van der Waals surface area contributed by atoms with Crippen LogP contribution in [0, 0.1) is 10.1 Å². The Bertz CT molecular complexity index is 959. The van der Waals surface area contributed by atoms with Crippen LogP contribution < -0.4 is 4.72 Å². The molecule has 0 saturated carbocycles. The smallest absolute Gasteiger partial charge is 0.289 e. The highest BCUT2D eigenvalue weighted by Crippen LogP contribution is 2.33. The molecule has 0 spiro atoms. The minimum atomic E-state index is -4.04. The average Bonchev–Trinajstić information content (AvgIpc) is 2.65. The van der Waals surface area contributed by atoms with Crippen molar-refractivity contribution in [2.75, 3.05) is 24.9 Å². The van der Waals surface area contributed by atoms with E-state index in [-0.39, 0.29) is 4.90 Å². The number of nitrogens with zero attached hydrogens (tertiary/aromatic N) is 2. The summed E-state index contributed by atoms with van der Waals surface area (Å²) in [7, 11) is -1.92. The van der Waals surface area contributed by atoms with Gasteiger partial charge in [-0.2, -0.15) is 0 Å². The van der Waals surface area contributed by atoms with E-state index in [1.807, 2.05) is 12.1 Å². The maximum Gasteiger partial charge on any atom is 0.289 e. The molecule has 2 aromatic rings. The van der Waals surface area contributed by atoms with E-state index in [4.69, 9.17) is 11.6 Å². The molecule has 0 unspecified atom stereocenters. The van der Waals surface area contributed by atoms with E-state index in [9.17, 15) is 18.5 Å². The molecule has 10 heteroatoms. The van der Waals surface area contributed by atoms with Crippen LogP contribution >= 0.6 is 23.4 Å². The molecule has 0 radical (unpaired) electrons. The lowest BCUT2D eigenvalue weighted by Crippen LogP contribution is -2.31. The number of nitrogens with one attached hydrogen (secondary N) is 1. The molecule has 1 aliphatic heterocycles. The zero-order chi connectivity index (χ0) is 20.3. The van der Waals surface area contributed by atoms with Gasteiger partial charge in [0.15, 0.2) is 0 Å². The number of nitro groups is 1. The molecule has 1 aliphatic rings. The first kappa shape index (κ1) is 20.9. The summed E-state index contributed by atoms with van der Waals surface area (Å²) in [5.41, 5.74) is -0.0790. The third kappa shape index (κ3) is 4.96. The molecule has 2 aromatic carbocycles. The average molecular weight is 442 g/mol. The van der Waals surface area contributed by atoms with Crippen LogP contribution in [-0.2, 0) is 10.0 Å². The fourth-order valence-electron chi connectivity index (χ4n) is 2.95. The number of nitro benzene ring substituents is 1. The zero-order valence-electron chi connectivity index (χ0n) is 15.2. The Morgan fingerprint density at radius 1 is 1.18 bits per heavy atom. The van der Waals surface area contributed by atoms with Crippen molar-refractivity contribution in [2.24, 2.45) is 0 Å². The first-order valence-electron chi connectivity index (χ1n) is 8.67. The summed E-state index contributed by atoms with van der Waals surface area (Å²) in [5.74, 6) is 0. The maximum atomic E-state index is 12.6. The molecule has 28 heavy (non-hydrogen) atoms. The van der Waals surface area contributed by atoms with E-state index in [0.717, 1.165) is 36.9 Å². The second kappa shape index (κ2) is 8.69. The van der Waals surface area contributed by atoms with E-state index in [1.54, 1.807) is 23.9 Å². The largest absolute Gasteiger partial charge is 0.306 e. The Balaban J connectivity index is 1.71. The first-order valence-corrected chi connectivity index (χ1v) is 11.4. The molecule has 7 nitrogen and oxygen atoms in total. The van der Waals surface area contributed by atoms with Gasteiger partial charge in [-0.25, -0.2) is 8.42 Å². The van der Waals surface area contributed by atoms with Crippen LogP contribution in [0.4, 0.5) is 11.4 Å². The van der Waals surface area contributed by atoms with Crippen LogP contribution in [0.3, 0.4) is 0 Å². The van der Waals surface area contributed by atoms with Crippen molar-refractivity contribution in [2.45, 2.75) is 27.9 Å². The number of sulfonamides is 1. The third-order valence-corrected chi connectivity index (χ3v) is 7.79. The molecule has 0 atom stereocenters. The lowest BCUT2D eigenvalue weighted by molar-refractivity contribution is -0.384. The minimum Gasteiger partial charge on any atom is -0.306 e. The highest BCUT2D eigenvalue weighted by Gasteiger charge is 2.25. The van der Waals surface area contributed by atoms with Gasteiger partial charge < -0.3 is 4.90 Å². The molecule has 3 rings (SSSR count). The second-order valence-corrected chi connectivity index (χ2v) is 10.00. The lowest BCUT2D eigenvalue weighted by Gasteiger charge is -2.28. The van der Waals surface area contributed by atoms with E-state index >= 15 is 0 Å². The predicted octanol–water partition coefficient (Wildman–Crippen LogP) is 4.24. The summed E-state index contributed by atoms with van der Waals surface area (Å²) in [6.07, 6.45) is 2.25. The highest BCUT2D eigenvalue weighted by atomic mass is 35.5. The molecular formula is C18H20ClN3O4S2. The molecule has 1 heterocycles. The summed E-state index contributed by atoms with van der Waals surface area (Å²) in [4.78, 5) is 13.3. The number of hydrogen-bond acceptors (Lipinski definition) is 6. The number of benzene rings is 2. The summed E-state index contributed by atoms with van der Waals surface area (Å²) in [5, 5.41) is 11.1. The lowest BCUT2D eigenvalue weighted by atomic mass is 10.1. The Hall–Kier alpha value is -1.81. The molecule has 0 aliphatic carbocycles. The third-order valence-electron chi connectivity index (χ3n) is 4.50. The minimum absolute atomic E-state index is 0.326. The summed E-state index contributed by atoms with van der Waals surface area (Å²) in [6.45, 7) is 2.17. The maximum absolute atomic E-state index is 12.6. The van der Waals surface area contributed by atoms with E-state index in [1.165, 1.54) is 12.1 Å². The highest BCUT2D eigenvalue weighted by molar-refractivity contribution is 8.00. The van der Waals surface area contributed by atoms with Crippen molar-refractivity contribution in [1.82, 2.24) is 4.90 Å². The molecule has 0 amide bonds. The Morgan fingerprint density at radius 3 is 2.43 bits per heavy atom. The fourth-order valence-corrected chi connectivity index (χ4v) is 5.73. The van der Waals surface area contributed by atoms with Crippen molar-refractivity contribution in [3.8, 4) is 0 Å². The van der Waals surface area contributed by atoms with Crippen molar-refractivity contribution in [3.63, 3.8) is 0 Å². The Morgan fingerprint density at radius 2 is 1.82 bits per heavy atom. The molecular weight excluding hydrogens is 422 g/mol. The number of piperidine rings is 1. The van der Waals surface area contributed by atoms with Crippen LogP contribution in [0.5, 0.6) is 0 Å². The fraction of sp³-hybridized carbons (Fsp3) is 0.333. The van der Waals surface area contributed by atoms with Crippen LogP contribution in [0.2, 0.25) is 5.02 Å². The molecule has 0 bridgehead atoms. The predicted molar refractivity (Wildman–Crippen MR) is 112 cm³/mol. The summed E-state index contributed by atoms with van der Waals surface area (Å²) >= 11 is 7.73. The number of halogens is 1. The molecule has 0 aromatic heterocycles. The number of thioether (sulfide) groups is 1. The second-order valence-electron chi connectivity index (χ2n) is 6.60. The van der Waals surface area contributed by atoms with Gasteiger partial charge in [0.1, 0.15) is 9.92 Å². The van der Waals surface area contributed by atoms with Gasteiger partial charge in [0.05, 0.1) is 4.92 Å². The van der Waals surface area contributed by atoms with Crippen molar-refractivity contribution < 1.29 is 13.3 Å². The Labute approximate surface area is 173 Å². The van der Waals surface area contributed by atoms with E-state index in [2.05, 4.69) is 16.7 Å². The number of rotatable bonds is 6. The topological polar surface area (TPSA) is 92.6 Å².